The average molecular weight is 299 g/mol. The maximum atomic E-state index is 12.0. The molecule has 2 aliphatic rings. The number of hydrogen-bond donors (Lipinski definition) is 2. The van der Waals surface area contributed by atoms with Crippen LogP contribution in [0.3, 0.4) is 0 Å². The summed E-state index contributed by atoms with van der Waals surface area (Å²) in [6.45, 7) is 2.45. The molecule has 0 aromatic heterocycles. The summed E-state index contributed by atoms with van der Waals surface area (Å²) in [5.74, 6) is -1.03. The summed E-state index contributed by atoms with van der Waals surface area (Å²) in [5.41, 5.74) is 0. The molecule has 0 aliphatic carbocycles. The van der Waals surface area contributed by atoms with Crippen LogP contribution in [-0.2, 0) is 14.3 Å². The van der Waals surface area contributed by atoms with E-state index >= 15 is 0 Å². The third-order valence-electron chi connectivity index (χ3n) is 3.68. The Labute approximate surface area is 123 Å². The number of aliphatic carboxylic acids is 1. The molecule has 8 nitrogen and oxygen atoms in total. The molecule has 2 N–H and O–H groups in total. The number of carbonyl (C=O) groups is 3. The summed E-state index contributed by atoms with van der Waals surface area (Å²) in [7, 11) is 0. The van der Waals surface area contributed by atoms with Crippen molar-refractivity contribution < 1.29 is 24.2 Å². The van der Waals surface area contributed by atoms with Gasteiger partial charge in [0.05, 0.1) is 25.7 Å². The zero-order valence-electron chi connectivity index (χ0n) is 11.9. The van der Waals surface area contributed by atoms with E-state index in [2.05, 4.69) is 5.32 Å². The molecule has 0 bridgehead atoms. The quantitative estimate of drug-likeness (QED) is 0.728. The van der Waals surface area contributed by atoms with Gasteiger partial charge in [0.1, 0.15) is 0 Å². The van der Waals surface area contributed by atoms with E-state index in [0.717, 1.165) is 25.9 Å². The summed E-state index contributed by atoms with van der Waals surface area (Å²) in [5, 5.41) is 11.3. The fourth-order valence-corrected chi connectivity index (χ4v) is 2.56. The molecule has 2 fully saturated rings. The fraction of sp³-hybridized carbons (Fsp3) is 0.769. The molecule has 2 aliphatic heterocycles. The van der Waals surface area contributed by atoms with Crippen LogP contribution in [0.5, 0.6) is 0 Å². The highest BCUT2D eigenvalue weighted by Gasteiger charge is 2.26. The lowest BCUT2D eigenvalue weighted by molar-refractivity contribution is -0.141. The van der Waals surface area contributed by atoms with Gasteiger partial charge in [0.25, 0.3) is 0 Å². The van der Waals surface area contributed by atoms with Crippen LogP contribution in [0, 0.1) is 0 Å². The highest BCUT2D eigenvalue weighted by molar-refractivity contribution is 5.84. The van der Waals surface area contributed by atoms with Gasteiger partial charge < -0.3 is 25.0 Å². The molecule has 0 aromatic carbocycles. The number of carboxylic acids is 1. The molecule has 0 aromatic rings. The van der Waals surface area contributed by atoms with Crippen molar-refractivity contribution in [3.05, 3.63) is 0 Å². The number of amides is 3. The Balaban J connectivity index is 1.74. The summed E-state index contributed by atoms with van der Waals surface area (Å²) >= 11 is 0. The fourth-order valence-electron chi connectivity index (χ4n) is 2.56. The number of hydrogen-bond acceptors (Lipinski definition) is 4. The Morgan fingerprint density at radius 2 is 1.86 bits per heavy atom. The number of urea groups is 1. The van der Waals surface area contributed by atoms with E-state index in [1.807, 2.05) is 0 Å². The van der Waals surface area contributed by atoms with Crippen molar-refractivity contribution in [2.45, 2.75) is 25.4 Å². The van der Waals surface area contributed by atoms with Crippen molar-refractivity contribution in [2.75, 3.05) is 39.3 Å². The first-order valence-corrected chi connectivity index (χ1v) is 7.20. The van der Waals surface area contributed by atoms with E-state index < -0.39 is 12.1 Å². The maximum Gasteiger partial charge on any atom is 0.318 e. The largest absolute Gasteiger partial charge is 0.481 e. The van der Waals surface area contributed by atoms with E-state index in [1.165, 1.54) is 4.90 Å². The van der Waals surface area contributed by atoms with Crippen LogP contribution in [0.25, 0.3) is 0 Å². The van der Waals surface area contributed by atoms with Gasteiger partial charge in [-0.3, -0.25) is 9.59 Å². The Bertz CT molecular complexity index is 409. The SMILES string of the molecule is O=C(O)CC1CN(C(=O)NCC(=O)N2CCCC2)CCO1. The lowest BCUT2D eigenvalue weighted by Gasteiger charge is -2.32. The van der Waals surface area contributed by atoms with Crippen molar-refractivity contribution in [3.63, 3.8) is 0 Å². The third kappa shape index (κ3) is 4.59. The Kier molecular flexibility index (Phi) is 5.38. The molecule has 0 saturated carbocycles. The van der Waals surface area contributed by atoms with Gasteiger partial charge in [-0.25, -0.2) is 4.79 Å². The second-order valence-corrected chi connectivity index (χ2v) is 5.28. The van der Waals surface area contributed by atoms with E-state index in [4.69, 9.17) is 9.84 Å². The number of rotatable bonds is 4. The predicted octanol–water partition coefficient (Wildman–Crippen LogP) is -0.506. The van der Waals surface area contributed by atoms with Gasteiger partial charge in [-0.1, -0.05) is 0 Å². The lowest BCUT2D eigenvalue weighted by Crippen LogP contribution is -2.51. The van der Waals surface area contributed by atoms with Crippen LogP contribution in [0.4, 0.5) is 4.79 Å². The maximum absolute atomic E-state index is 12.0. The number of nitrogens with zero attached hydrogens (tertiary/aromatic N) is 2. The molecule has 0 radical (unpaired) electrons. The monoisotopic (exact) mass is 299 g/mol. The first kappa shape index (κ1) is 15.6. The minimum atomic E-state index is -0.952. The molecule has 8 heteroatoms. The van der Waals surface area contributed by atoms with Crippen LogP contribution in [0.15, 0.2) is 0 Å². The molecule has 1 unspecified atom stereocenters. The first-order chi connectivity index (χ1) is 10.1. The number of likely N-dealkylation sites (tertiary alicyclic amines) is 1. The molecule has 2 rings (SSSR count). The molecule has 1 atom stereocenters. The highest BCUT2D eigenvalue weighted by Crippen LogP contribution is 2.09. The molecule has 2 saturated heterocycles. The van der Waals surface area contributed by atoms with Gasteiger partial charge in [-0.05, 0) is 12.8 Å². The topological polar surface area (TPSA) is 99.2 Å². The molecule has 21 heavy (non-hydrogen) atoms. The molecular weight excluding hydrogens is 278 g/mol. The number of ether oxygens (including phenoxy) is 1. The Morgan fingerprint density at radius 1 is 1.14 bits per heavy atom. The molecule has 118 valence electrons. The van der Waals surface area contributed by atoms with Crippen molar-refractivity contribution in [3.8, 4) is 0 Å². The average Bonchev–Trinajstić information content (AvgIpc) is 2.98. The van der Waals surface area contributed by atoms with Crippen LogP contribution in [-0.4, -0.2) is 78.2 Å². The number of carboxylic acid groups (broad SMARTS) is 1. The second-order valence-electron chi connectivity index (χ2n) is 5.28. The number of morpholine rings is 1. The Hall–Kier alpha value is -1.83. The molecule has 0 spiro atoms. The van der Waals surface area contributed by atoms with Gasteiger partial charge in [0, 0.05) is 26.2 Å². The van der Waals surface area contributed by atoms with Crippen LogP contribution >= 0.6 is 0 Å². The molecular formula is C13H21N3O5. The minimum Gasteiger partial charge on any atom is -0.481 e. The molecule has 2 heterocycles. The number of nitrogens with one attached hydrogen (secondary N) is 1. The first-order valence-electron chi connectivity index (χ1n) is 7.20. The van der Waals surface area contributed by atoms with Gasteiger partial charge in [-0.15, -0.1) is 0 Å². The number of carbonyl (C=O) groups excluding carboxylic acids is 2. The van der Waals surface area contributed by atoms with Crippen LogP contribution in [0.2, 0.25) is 0 Å². The molecule has 3 amide bonds. The van der Waals surface area contributed by atoms with E-state index in [1.54, 1.807) is 4.90 Å². The van der Waals surface area contributed by atoms with Crippen molar-refractivity contribution in [2.24, 2.45) is 0 Å². The van der Waals surface area contributed by atoms with Crippen LogP contribution in [0.1, 0.15) is 19.3 Å². The predicted molar refractivity (Wildman–Crippen MR) is 72.8 cm³/mol. The van der Waals surface area contributed by atoms with E-state index in [9.17, 15) is 14.4 Å². The van der Waals surface area contributed by atoms with E-state index in [-0.39, 0.29) is 31.4 Å². The van der Waals surface area contributed by atoms with Gasteiger partial charge in [-0.2, -0.15) is 0 Å². The van der Waals surface area contributed by atoms with Crippen molar-refractivity contribution >= 4 is 17.9 Å². The van der Waals surface area contributed by atoms with E-state index in [0.29, 0.717) is 13.2 Å². The zero-order chi connectivity index (χ0) is 15.2. The third-order valence-corrected chi connectivity index (χ3v) is 3.68. The van der Waals surface area contributed by atoms with Crippen molar-refractivity contribution in [1.82, 2.24) is 15.1 Å². The zero-order valence-corrected chi connectivity index (χ0v) is 11.9. The summed E-state index contributed by atoms with van der Waals surface area (Å²) in [4.78, 5) is 37.7. The van der Waals surface area contributed by atoms with Gasteiger partial charge >= 0.3 is 12.0 Å². The Morgan fingerprint density at radius 3 is 2.52 bits per heavy atom. The van der Waals surface area contributed by atoms with Crippen LogP contribution < -0.4 is 5.32 Å². The normalized spacial score (nSPS) is 22.2. The van der Waals surface area contributed by atoms with Crippen molar-refractivity contribution in [1.29, 1.82) is 0 Å². The minimum absolute atomic E-state index is 0.0141. The summed E-state index contributed by atoms with van der Waals surface area (Å²) in [6.07, 6.45) is 1.41. The second kappa shape index (κ2) is 7.26. The standard InChI is InChI=1S/C13H21N3O5/c17-11(15-3-1-2-4-15)8-14-13(20)16-5-6-21-10(9-16)7-12(18)19/h10H,1-9H2,(H,14,20)(H,18,19). The lowest BCUT2D eigenvalue weighted by atomic mass is 10.2. The van der Waals surface area contributed by atoms with Gasteiger partial charge in [0.2, 0.25) is 5.91 Å². The smallest absolute Gasteiger partial charge is 0.318 e. The summed E-state index contributed by atoms with van der Waals surface area (Å²) in [6, 6.07) is -0.346. The van der Waals surface area contributed by atoms with Gasteiger partial charge in [0.15, 0.2) is 0 Å². The summed E-state index contributed by atoms with van der Waals surface area (Å²) < 4.78 is 5.30. The highest BCUT2D eigenvalue weighted by atomic mass is 16.5.